The lowest BCUT2D eigenvalue weighted by molar-refractivity contribution is 0.627. The molecule has 0 amide bonds. The summed E-state index contributed by atoms with van der Waals surface area (Å²) in [6.45, 7) is 4.67. The number of rotatable bonds is 10. The summed E-state index contributed by atoms with van der Waals surface area (Å²) in [5, 5.41) is -0.267. The molecule has 0 atom stereocenters. The molecule has 77 heavy (non-hydrogen) atoms. The highest BCUT2D eigenvalue weighted by molar-refractivity contribution is 5.93. The molecule has 12 aromatic rings. The van der Waals surface area contributed by atoms with Crippen LogP contribution in [0.4, 0.5) is 51.2 Å². The van der Waals surface area contributed by atoms with Crippen molar-refractivity contribution in [3.8, 4) is 22.3 Å². The van der Waals surface area contributed by atoms with Crippen molar-refractivity contribution in [1.29, 1.82) is 0 Å². The summed E-state index contributed by atoms with van der Waals surface area (Å²) in [5.74, 6) is 0. The highest BCUT2D eigenvalue weighted by atomic mass is 15.2. The van der Waals surface area contributed by atoms with Gasteiger partial charge in [0.1, 0.15) is 0 Å². The fourth-order valence-corrected chi connectivity index (χ4v) is 12.2. The predicted molar refractivity (Wildman–Crippen MR) is 323 cm³/mol. The molecule has 0 N–H and O–H groups in total. The van der Waals surface area contributed by atoms with Gasteiger partial charge in [-0.25, -0.2) is 0 Å². The summed E-state index contributed by atoms with van der Waals surface area (Å²) >= 11 is 0. The van der Waals surface area contributed by atoms with Crippen LogP contribution >= 0.6 is 0 Å². The van der Waals surface area contributed by atoms with Gasteiger partial charge in [0.2, 0.25) is 0 Å². The first-order valence-corrected chi connectivity index (χ1v) is 26.2. The average Bonchev–Trinajstić information content (AvgIpc) is 1.60. The molecule has 14 rings (SSSR count). The van der Waals surface area contributed by atoms with Gasteiger partial charge < -0.3 is 14.7 Å². The van der Waals surface area contributed by atoms with Crippen molar-refractivity contribution in [3.63, 3.8) is 0 Å². The zero-order chi connectivity index (χ0) is 57.6. The summed E-state index contributed by atoms with van der Waals surface area (Å²) < 4.78 is 63.6. The largest absolute Gasteiger partial charge is 0.310 e. The van der Waals surface area contributed by atoms with E-state index in [4.69, 9.17) is 5.48 Å². The second-order valence-corrected chi connectivity index (χ2v) is 20.3. The zero-order valence-corrected chi connectivity index (χ0v) is 42.6. The van der Waals surface area contributed by atoms with Crippen molar-refractivity contribution in [2.45, 2.75) is 24.7 Å². The third kappa shape index (κ3) is 7.57. The van der Waals surface area contributed by atoms with Crippen molar-refractivity contribution in [3.05, 3.63) is 330 Å². The average molecular weight is 993 g/mol. The first-order valence-electron chi connectivity index (χ1n) is 29.7. The molecule has 366 valence electrons. The second-order valence-electron chi connectivity index (χ2n) is 20.3. The van der Waals surface area contributed by atoms with Gasteiger partial charge in [0.05, 0.1) is 26.4 Å². The van der Waals surface area contributed by atoms with E-state index in [1.807, 2.05) is 78.9 Å². The van der Waals surface area contributed by atoms with Crippen LogP contribution in [0.3, 0.4) is 0 Å². The van der Waals surface area contributed by atoms with Gasteiger partial charge in [0, 0.05) is 45.2 Å². The van der Waals surface area contributed by atoms with Gasteiger partial charge in [-0.15, -0.1) is 0 Å². The van der Waals surface area contributed by atoms with Crippen molar-refractivity contribution >= 4 is 62.0 Å². The van der Waals surface area contributed by atoms with Crippen molar-refractivity contribution in [2.24, 2.45) is 0 Å². The van der Waals surface area contributed by atoms with Gasteiger partial charge >= 0.3 is 0 Å². The van der Waals surface area contributed by atoms with Gasteiger partial charge in [-0.1, -0.05) is 214 Å². The van der Waals surface area contributed by atoms with E-state index < -0.39 is 35.0 Å². The van der Waals surface area contributed by atoms with Crippen molar-refractivity contribution in [1.82, 2.24) is 0 Å². The quantitative estimate of drug-likeness (QED) is 0.135. The third-order valence-electron chi connectivity index (χ3n) is 15.7. The highest BCUT2D eigenvalue weighted by Crippen LogP contribution is 2.59. The van der Waals surface area contributed by atoms with E-state index in [1.165, 1.54) is 27.8 Å². The maximum Gasteiger partial charge on any atom is 0.0713 e. The molecule has 3 heteroatoms. The monoisotopic (exact) mass is 992 g/mol. The van der Waals surface area contributed by atoms with Crippen LogP contribution in [-0.2, 0) is 10.8 Å². The van der Waals surface area contributed by atoms with E-state index >= 15 is 0 Å². The number of nitrogens with zero attached hydrogens (tertiary/aromatic N) is 3. The summed E-state index contributed by atoms with van der Waals surface area (Å²) in [7, 11) is 0. The van der Waals surface area contributed by atoms with E-state index in [0.717, 1.165) is 61.9 Å². The predicted octanol–water partition coefficient (Wildman–Crippen LogP) is 19.9. The Balaban J connectivity index is 0.986. The molecule has 2 aliphatic rings. The van der Waals surface area contributed by atoms with Crippen LogP contribution in [-0.4, -0.2) is 0 Å². The Bertz CT molecular complexity index is 4450. The minimum atomic E-state index is -0.641. The number of para-hydroxylation sites is 2. The maximum atomic E-state index is 9.77. The number of benzene rings is 12. The van der Waals surface area contributed by atoms with Crippen LogP contribution in [0.2, 0.25) is 0 Å². The lowest BCUT2D eigenvalue weighted by Gasteiger charge is -2.44. The molecule has 0 saturated carbocycles. The molecule has 1 aliphatic heterocycles. The summed E-state index contributed by atoms with van der Waals surface area (Å²) in [5.41, 5.74) is 17.4. The van der Waals surface area contributed by atoms with E-state index in [9.17, 15) is 4.11 Å². The molecule has 0 fully saturated rings. The van der Waals surface area contributed by atoms with Crippen LogP contribution < -0.4 is 14.7 Å². The first kappa shape index (κ1) is 38.8. The molecule has 0 bridgehead atoms. The lowest BCUT2D eigenvalue weighted by Crippen LogP contribution is -2.33. The topological polar surface area (TPSA) is 9.72 Å². The van der Waals surface area contributed by atoms with Gasteiger partial charge in [-0.05, 0) is 163 Å². The molecule has 0 aromatic heterocycles. The van der Waals surface area contributed by atoms with Gasteiger partial charge in [-0.3, -0.25) is 0 Å². The molecule has 12 aromatic carbocycles. The zero-order valence-electron chi connectivity index (χ0n) is 49.6. The SMILES string of the molecule is [2H]c1c([2H])c([2H])c2c([2H])c(N(c3ccc(-c4ccccc4)cc3)c3ccc(N4c5ccc(N(c6ccccc6)c6ccccc6)cc5C(C)(C)c5cc(C6(c7ccccc7)c7ccccc7-c7ccccc76)ccc54)cc3)c([2H])c([2H])c2c1[2H]. The van der Waals surface area contributed by atoms with Crippen LogP contribution in [0.1, 0.15) is 56.8 Å². The minimum absolute atomic E-state index is 0.0250. The molecule has 1 heterocycles. The molecule has 1 aliphatic carbocycles. The van der Waals surface area contributed by atoms with Crippen LogP contribution in [0, 0.1) is 0 Å². The lowest BCUT2D eigenvalue weighted by atomic mass is 9.65. The third-order valence-corrected chi connectivity index (χ3v) is 15.7. The van der Waals surface area contributed by atoms with E-state index in [2.05, 4.69) is 200 Å². The van der Waals surface area contributed by atoms with Crippen molar-refractivity contribution in [2.75, 3.05) is 14.7 Å². The van der Waals surface area contributed by atoms with Gasteiger partial charge in [0.25, 0.3) is 0 Å². The van der Waals surface area contributed by atoms with E-state index in [-0.39, 0.29) is 34.6 Å². The number of fused-ring (bicyclic) bond motifs is 6. The Morgan fingerprint density at radius 1 is 0.351 bits per heavy atom. The Labute approximate surface area is 461 Å². The molecule has 0 saturated heterocycles. The fourth-order valence-electron chi connectivity index (χ4n) is 12.2. The number of anilines is 9. The smallest absolute Gasteiger partial charge is 0.0713 e. The Hall–Kier alpha value is -9.70. The summed E-state index contributed by atoms with van der Waals surface area (Å²) in [4.78, 5) is 6.41. The summed E-state index contributed by atoms with van der Waals surface area (Å²) in [6, 6.07) is 86.3. The molecule has 0 radical (unpaired) electrons. The van der Waals surface area contributed by atoms with Crippen LogP contribution in [0.15, 0.2) is 297 Å². The van der Waals surface area contributed by atoms with Crippen molar-refractivity contribution < 1.29 is 9.60 Å². The molecule has 0 spiro atoms. The van der Waals surface area contributed by atoms with Gasteiger partial charge in [0.15, 0.2) is 0 Å². The number of hydrogen-bond acceptors (Lipinski definition) is 3. The fraction of sp³-hybridized carbons (Fsp3) is 0.0541. The Morgan fingerprint density at radius 2 is 0.818 bits per heavy atom. The maximum absolute atomic E-state index is 9.77. The Morgan fingerprint density at radius 3 is 1.44 bits per heavy atom. The normalized spacial score (nSPS) is 14.8. The van der Waals surface area contributed by atoms with Crippen LogP contribution in [0.25, 0.3) is 33.0 Å². The molecule has 3 nitrogen and oxygen atoms in total. The molecule has 0 unspecified atom stereocenters. The minimum Gasteiger partial charge on any atom is -0.310 e. The van der Waals surface area contributed by atoms with Gasteiger partial charge in [-0.2, -0.15) is 0 Å². The Kier molecular flexibility index (Phi) is 9.37. The van der Waals surface area contributed by atoms with Crippen LogP contribution in [0.5, 0.6) is 0 Å². The van der Waals surface area contributed by atoms with E-state index in [0.29, 0.717) is 11.4 Å². The van der Waals surface area contributed by atoms with E-state index in [1.54, 1.807) is 4.90 Å². The standard InChI is InChI=1S/C74H55N3/c1-73(2)69-50-57(74(56-25-9-4-10-26-56)67-33-19-17-31-65(67)66-32-18-20-34-68(66)74)38-47-71(69)77(72-48-46-64(51-70(72)73)75(58-27-11-5-12-28-58)59-29-13-6-14-30-59)62-44-42-61(43-45-62)76(63-41-37-53-23-15-16-24-55(53)49-63)60-39-35-54(36-40-60)52-21-7-3-8-22-52/h3-51H,1-2H3/i15D,16D,23D,24D,37D,41D,49D. The number of hydrogen-bond donors (Lipinski definition) is 0. The molecular formula is C74H55N3. The molecular weight excluding hydrogens is 931 g/mol. The summed E-state index contributed by atoms with van der Waals surface area (Å²) in [6.07, 6.45) is 0. The first-order chi connectivity index (χ1) is 40.9. The highest BCUT2D eigenvalue weighted by Gasteiger charge is 2.47. The second kappa shape index (κ2) is 18.6.